The highest BCUT2D eigenvalue weighted by atomic mass is 16.5. The summed E-state index contributed by atoms with van der Waals surface area (Å²) in [6.45, 7) is 1.64. The molecule has 154 valence electrons. The van der Waals surface area contributed by atoms with Gasteiger partial charge in [0.15, 0.2) is 6.61 Å². The van der Waals surface area contributed by atoms with Crippen molar-refractivity contribution in [3.8, 4) is 0 Å². The van der Waals surface area contributed by atoms with Gasteiger partial charge in [0.05, 0.1) is 0 Å². The Bertz CT molecular complexity index is 685. The average molecular weight is 391 g/mol. The maximum Gasteiger partial charge on any atom is 0.344 e. The number of imide groups is 1. The Labute approximate surface area is 164 Å². The van der Waals surface area contributed by atoms with E-state index in [2.05, 4.69) is 17.7 Å². The molecule has 0 unspecified atom stereocenters. The summed E-state index contributed by atoms with van der Waals surface area (Å²) in [4.78, 5) is 49.1. The molecule has 0 aromatic heterocycles. The number of urea groups is 1. The predicted molar refractivity (Wildman–Crippen MR) is 98.4 cm³/mol. The lowest BCUT2D eigenvalue weighted by molar-refractivity contribution is -0.151. The molecule has 8 heteroatoms. The second kappa shape index (κ2) is 7.37. The van der Waals surface area contributed by atoms with E-state index in [9.17, 15) is 19.2 Å². The van der Waals surface area contributed by atoms with Gasteiger partial charge >= 0.3 is 12.0 Å². The van der Waals surface area contributed by atoms with Crippen LogP contribution in [-0.4, -0.2) is 41.0 Å². The third kappa shape index (κ3) is 3.61. The monoisotopic (exact) mass is 391 g/mol. The molecule has 8 nitrogen and oxygen atoms in total. The van der Waals surface area contributed by atoms with Gasteiger partial charge in [0.25, 0.3) is 11.8 Å². The Balaban J connectivity index is 1.24. The van der Waals surface area contributed by atoms with Gasteiger partial charge in [0, 0.05) is 6.42 Å². The van der Waals surface area contributed by atoms with Crippen molar-refractivity contribution in [1.29, 1.82) is 0 Å². The van der Waals surface area contributed by atoms with Gasteiger partial charge in [-0.2, -0.15) is 5.01 Å². The molecule has 28 heavy (non-hydrogen) atoms. The van der Waals surface area contributed by atoms with Gasteiger partial charge in [-0.3, -0.25) is 19.8 Å². The van der Waals surface area contributed by atoms with Crippen LogP contribution < -0.4 is 10.7 Å². The van der Waals surface area contributed by atoms with Crippen molar-refractivity contribution in [3.63, 3.8) is 0 Å². The second-order valence-electron chi connectivity index (χ2n) is 9.17. The number of hydrazine groups is 1. The Morgan fingerprint density at radius 2 is 1.93 bits per heavy atom. The zero-order valence-corrected chi connectivity index (χ0v) is 16.4. The molecule has 2 N–H and O–H groups in total. The number of fused-ring (bicyclic) bond motifs is 2. The van der Waals surface area contributed by atoms with Gasteiger partial charge in [-0.15, -0.1) is 0 Å². The number of carbonyl (C=O) groups excluding carboxylic acids is 4. The first-order valence-electron chi connectivity index (χ1n) is 10.5. The van der Waals surface area contributed by atoms with Crippen LogP contribution in [0.3, 0.4) is 0 Å². The number of rotatable bonds is 5. The third-order valence-corrected chi connectivity index (χ3v) is 7.20. The summed E-state index contributed by atoms with van der Waals surface area (Å²) < 4.78 is 5.08. The lowest BCUT2D eigenvalue weighted by Crippen LogP contribution is -2.52. The Hall–Kier alpha value is -2.12. The fourth-order valence-corrected chi connectivity index (χ4v) is 5.52. The number of ether oxygens (including phenoxy) is 1. The minimum absolute atomic E-state index is 0.346. The van der Waals surface area contributed by atoms with Crippen molar-refractivity contribution in [1.82, 2.24) is 15.8 Å². The molecule has 1 spiro atoms. The molecule has 0 aromatic rings. The first kappa shape index (κ1) is 19.2. The molecule has 3 atom stereocenters. The zero-order valence-electron chi connectivity index (χ0n) is 16.4. The fraction of sp³-hybridized carbons (Fsp3) is 0.800. The average Bonchev–Trinajstić information content (AvgIpc) is 3.33. The SMILES string of the molecule is CC1CCC2(CC1)NC(=O)N(NC(=O)COC(=O)C[C@@H]1C[C@H]3CC[C@@H]1C3)C2=O. The maximum atomic E-state index is 12.7. The molecule has 1 saturated heterocycles. The van der Waals surface area contributed by atoms with Crippen molar-refractivity contribution in [2.24, 2.45) is 23.7 Å². The van der Waals surface area contributed by atoms with Crippen LogP contribution in [0, 0.1) is 23.7 Å². The van der Waals surface area contributed by atoms with Gasteiger partial charge in [0.2, 0.25) is 0 Å². The Kier molecular flexibility index (Phi) is 5.05. The van der Waals surface area contributed by atoms with E-state index in [0.29, 0.717) is 37.0 Å². The van der Waals surface area contributed by atoms with Crippen LogP contribution in [0.1, 0.15) is 64.7 Å². The highest BCUT2D eigenvalue weighted by Crippen LogP contribution is 2.49. The van der Waals surface area contributed by atoms with Crippen LogP contribution in [0.2, 0.25) is 0 Å². The zero-order chi connectivity index (χ0) is 19.9. The molecular weight excluding hydrogens is 362 g/mol. The smallest absolute Gasteiger partial charge is 0.344 e. The highest BCUT2D eigenvalue weighted by molar-refractivity contribution is 6.08. The number of hydrogen-bond donors (Lipinski definition) is 2. The predicted octanol–water partition coefficient (Wildman–Crippen LogP) is 1.89. The lowest BCUT2D eigenvalue weighted by atomic mass is 9.77. The van der Waals surface area contributed by atoms with Crippen molar-refractivity contribution in [2.45, 2.75) is 70.3 Å². The highest BCUT2D eigenvalue weighted by Gasteiger charge is 2.53. The molecule has 4 aliphatic rings. The van der Waals surface area contributed by atoms with Crippen LogP contribution in [0.25, 0.3) is 0 Å². The summed E-state index contributed by atoms with van der Waals surface area (Å²) in [5, 5.41) is 3.48. The quantitative estimate of drug-likeness (QED) is 0.550. The van der Waals surface area contributed by atoms with Crippen LogP contribution in [0.4, 0.5) is 4.79 Å². The van der Waals surface area contributed by atoms with E-state index in [1.807, 2.05) is 0 Å². The van der Waals surface area contributed by atoms with E-state index in [0.717, 1.165) is 30.2 Å². The summed E-state index contributed by atoms with van der Waals surface area (Å²) >= 11 is 0. The van der Waals surface area contributed by atoms with Crippen LogP contribution in [0.5, 0.6) is 0 Å². The first-order valence-corrected chi connectivity index (χ1v) is 10.5. The molecular formula is C20H29N3O5. The summed E-state index contributed by atoms with van der Waals surface area (Å²) in [5.41, 5.74) is 1.39. The topological polar surface area (TPSA) is 105 Å². The van der Waals surface area contributed by atoms with Gasteiger partial charge in [-0.05, 0) is 68.6 Å². The van der Waals surface area contributed by atoms with E-state index in [-0.39, 0.29) is 5.97 Å². The molecule has 1 heterocycles. The molecule has 4 rings (SSSR count). The number of hydrogen-bond acceptors (Lipinski definition) is 5. The largest absolute Gasteiger partial charge is 0.455 e. The first-order chi connectivity index (χ1) is 13.4. The number of carbonyl (C=O) groups is 4. The summed E-state index contributed by atoms with van der Waals surface area (Å²) in [6, 6.07) is -0.624. The normalized spacial score (nSPS) is 36.7. The van der Waals surface area contributed by atoms with E-state index in [4.69, 9.17) is 4.74 Å². The van der Waals surface area contributed by atoms with E-state index >= 15 is 0 Å². The number of nitrogens with one attached hydrogen (secondary N) is 2. The Morgan fingerprint density at radius 1 is 1.18 bits per heavy atom. The second-order valence-corrected chi connectivity index (χ2v) is 9.17. The number of amides is 4. The maximum absolute atomic E-state index is 12.7. The molecule has 0 radical (unpaired) electrons. The fourth-order valence-electron chi connectivity index (χ4n) is 5.52. The molecule has 0 aromatic carbocycles. The standard InChI is InChI=1S/C20H29N3O5/c1-12-4-6-20(7-5-12)18(26)23(19(27)21-20)22-16(24)11-28-17(25)10-15-9-13-2-3-14(15)8-13/h12-15H,2-11H2,1H3,(H,21,27)(H,22,24)/t12?,13-,14+,15-,20?/m0/s1. The van der Waals surface area contributed by atoms with Crippen LogP contribution >= 0.6 is 0 Å². The number of nitrogens with zero attached hydrogens (tertiary/aromatic N) is 1. The minimum Gasteiger partial charge on any atom is -0.455 e. The van der Waals surface area contributed by atoms with Gasteiger partial charge < -0.3 is 10.1 Å². The molecule has 4 fully saturated rings. The molecule has 3 aliphatic carbocycles. The number of esters is 1. The summed E-state index contributed by atoms with van der Waals surface area (Å²) in [7, 11) is 0. The Morgan fingerprint density at radius 3 is 2.57 bits per heavy atom. The summed E-state index contributed by atoms with van der Waals surface area (Å²) in [6.07, 6.45) is 7.95. The van der Waals surface area contributed by atoms with E-state index < -0.39 is 30.0 Å². The minimum atomic E-state index is -0.907. The molecule has 1 aliphatic heterocycles. The van der Waals surface area contributed by atoms with Crippen molar-refractivity contribution < 1.29 is 23.9 Å². The van der Waals surface area contributed by atoms with Crippen molar-refractivity contribution in [2.75, 3.05) is 6.61 Å². The lowest BCUT2D eigenvalue weighted by Gasteiger charge is -2.33. The van der Waals surface area contributed by atoms with Gasteiger partial charge in [-0.1, -0.05) is 13.3 Å². The van der Waals surface area contributed by atoms with E-state index in [1.54, 1.807) is 0 Å². The van der Waals surface area contributed by atoms with E-state index in [1.165, 1.54) is 19.3 Å². The third-order valence-electron chi connectivity index (χ3n) is 7.20. The molecule has 2 bridgehead atoms. The summed E-state index contributed by atoms with van der Waals surface area (Å²) in [5.74, 6) is 0.773. The van der Waals surface area contributed by atoms with Crippen LogP contribution in [-0.2, 0) is 19.1 Å². The van der Waals surface area contributed by atoms with Crippen LogP contribution in [0.15, 0.2) is 0 Å². The van der Waals surface area contributed by atoms with Gasteiger partial charge in [-0.25, -0.2) is 4.79 Å². The van der Waals surface area contributed by atoms with Crippen molar-refractivity contribution in [3.05, 3.63) is 0 Å². The molecule has 3 saturated carbocycles. The van der Waals surface area contributed by atoms with Crippen molar-refractivity contribution >= 4 is 23.8 Å². The van der Waals surface area contributed by atoms with Gasteiger partial charge in [0.1, 0.15) is 5.54 Å². The molecule has 4 amide bonds.